The highest BCUT2D eigenvalue weighted by molar-refractivity contribution is 7.19. The lowest BCUT2D eigenvalue weighted by Gasteiger charge is -2.38. The second kappa shape index (κ2) is 10.3. The van der Waals surface area contributed by atoms with Crippen LogP contribution in [0.2, 0.25) is 5.15 Å². The van der Waals surface area contributed by atoms with Crippen LogP contribution in [0.3, 0.4) is 0 Å². The van der Waals surface area contributed by atoms with Gasteiger partial charge in [-0.2, -0.15) is 5.26 Å². The molecule has 3 aromatic rings. The fourth-order valence-electron chi connectivity index (χ4n) is 3.88. The molecule has 1 aromatic carbocycles. The maximum Gasteiger partial charge on any atom is 0.407 e. The van der Waals surface area contributed by atoms with Crippen molar-refractivity contribution in [3.05, 3.63) is 52.8 Å². The number of aromatic nitrogens is 2. The molecule has 3 heterocycles. The molecule has 0 saturated carbocycles. The van der Waals surface area contributed by atoms with Crippen LogP contribution in [0.5, 0.6) is 0 Å². The molecule has 2 aromatic heterocycles. The lowest BCUT2D eigenvalue weighted by Crippen LogP contribution is -2.58. The maximum absolute atomic E-state index is 13.0. The Labute approximate surface area is 210 Å². The van der Waals surface area contributed by atoms with Crippen molar-refractivity contribution >= 4 is 40.2 Å². The van der Waals surface area contributed by atoms with Gasteiger partial charge in [0.2, 0.25) is 0 Å². The normalized spacial score (nSPS) is 15.5. The number of anilines is 1. The van der Waals surface area contributed by atoms with Gasteiger partial charge in [-0.05, 0) is 36.8 Å². The molecule has 0 unspecified atom stereocenters. The van der Waals surface area contributed by atoms with Gasteiger partial charge in [-0.3, -0.25) is 10.2 Å². The number of thiazole rings is 1. The Bertz CT molecular complexity index is 1300. The molecule has 3 amide bonds. The van der Waals surface area contributed by atoms with Gasteiger partial charge in [0.05, 0.1) is 34.9 Å². The van der Waals surface area contributed by atoms with Crippen molar-refractivity contribution in [2.45, 2.75) is 13.0 Å². The molecule has 1 fully saturated rings. The summed E-state index contributed by atoms with van der Waals surface area (Å²) in [6.07, 6.45) is -1.13. The number of rotatable bonds is 4. The number of benzene rings is 1. The molecule has 0 bridgehead atoms. The zero-order valence-electron chi connectivity index (χ0n) is 18.6. The number of nitrogens with one attached hydrogen (secondary N) is 1. The van der Waals surface area contributed by atoms with Crippen molar-refractivity contribution in [3.63, 3.8) is 0 Å². The largest absolute Gasteiger partial charge is 0.465 e. The average molecular weight is 513 g/mol. The van der Waals surface area contributed by atoms with E-state index >= 15 is 0 Å². The SMILES string of the molecule is Cc1cc(-c2sc(NC(=O)N3CCN(C(=O)O)[C@@H](CO)C3)nc2-c2cccc(C#N)c2)cc(Cl)n1. The van der Waals surface area contributed by atoms with E-state index in [0.717, 1.165) is 21.0 Å². The van der Waals surface area contributed by atoms with Crippen molar-refractivity contribution < 1.29 is 19.8 Å². The quantitative estimate of drug-likeness (QED) is 0.450. The minimum absolute atomic E-state index is 0.0586. The van der Waals surface area contributed by atoms with Crippen molar-refractivity contribution in [1.82, 2.24) is 19.8 Å². The highest BCUT2D eigenvalue weighted by Crippen LogP contribution is 2.40. The van der Waals surface area contributed by atoms with Crippen LogP contribution < -0.4 is 5.32 Å². The van der Waals surface area contributed by atoms with Gasteiger partial charge in [-0.15, -0.1) is 0 Å². The van der Waals surface area contributed by atoms with Gasteiger partial charge in [0.15, 0.2) is 5.13 Å². The molecule has 0 spiro atoms. The second-order valence-corrected chi connectivity index (χ2v) is 9.28. The number of hydrogen-bond donors (Lipinski definition) is 3. The summed E-state index contributed by atoms with van der Waals surface area (Å²) in [6, 6.07) is 11.5. The number of amides is 3. The van der Waals surface area contributed by atoms with Gasteiger partial charge in [0.1, 0.15) is 5.15 Å². The lowest BCUT2D eigenvalue weighted by molar-refractivity contribution is 0.0545. The number of aliphatic hydroxyl groups is 1. The smallest absolute Gasteiger partial charge is 0.407 e. The van der Waals surface area contributed by atoms with E-state index in [2.05, 4.69) is 21.4 Å². The molecule has 35 heavy (non-hydrogen) atoms. The Morgan fingerprint density at radius 3 is 2.74 bits per heavy atom. The predicted octanol–water partition coefficient (Wildman–Crippen LogP) is 3.89. The summed E-state index contributed by atoms with van der Waals surface area (Å²) in [5, 5.41) is 31.6. The maximum atomic E-state index is 13.0. The predicted molar refractivity (Wildman–Crippen MR) is 131 cm³/mol. The minimum atomic E-state index is -1.13. The Balaban J connectivity index is 1.66. The van der Waals surface area contributed by atoms with Gasteiger partial charge < -0.3 is 15.1 Å². The summed E-state index contributed by atoms with van der Waals surface area (Å²) in [7, 11) is 0. The van der Waals surface area contributed by atoms with Gasteiger partial charge in [-0.1, -0.05) is 35.1 Å². The van der Waals surface area contributed by atoms with Gasteiger partial charge in [-0.25, -0.2) is 19.6 Å². The Morgan fingerprint density at radius 1 is 1.26 bits per heavy atom. The zero-order valence-corrected chi connectivity index (χ0v) is 20.2. The van der Waals surface area contributed by atoms with E-state index in [1.807, 2.05) is 19.1 Å². The van der Waals surface area contributed by atoms with Gasteiger partial charge in [0.25, 0.3) is 0 Å². The number of aryl methyl sites for hydroxylation is 1. The van der Waals surface area contributed by atoms with Crippen molar-refractivity contribution in [1.29, 1.82) is 5.26 Å². The molecule has 0 radical (unpaired) electrons. The average Bonchev–Trinajstić information content (AvgIpc) is 3.26. The van der Waals surface area contributed by atoms with Crippen LogP contribution in [0, 0.1) is 18.3 Å². The van der Waals surface area contributed by atoms with Crippen LogP contribution in [-0.4, -0.2) is 74.4 Å². The molecular weight excluding hydrogens is 492 g/mol. The van der Waals surface area contributed by atoms with E-state index in [-0.39, 0.29) is 26.2 Å². The van der Waals surface area contributed by atoms with Crippen LogP contribution in [0.15, 0.2) is 36.4 Å². The molecule has 0 aliphatic carbocycles. The van der Waals surface area contributed by atoms with E-state index in [0.29, 0.717) is 27.1 Å². The van der Waals surface area contributed by atoms with Crippen LogP contribution in [-0.2, 0) is 0 Å². The third-order valence-electron chi connectivity index (χ3n) is 5.52. The Kier molecular flexibility index (Phi) is 7.16. The first-order valence-corrected chi connectivity index (χ1v) is 11.8. The summed E-state index contributed by atoms with van der Waals surface area (Å²) >= 11 is 7.44. The summed E-state index contributed by atoms with van der Waals surface area (Å²) in [4.78, 5) is 36.5. The van der Waals surface area contributed by atoms with E-state index in [9.17, 15) is 25.1 Å². The monoisotopic (exact) mass is 512 g/mol. The first-order chi connectivity index (χ1) is 16.8. The number of carboxylic acid groups (broad SMARTS) is 1. The summed E-state index contributed by atoms with van der Waals surface area (Å²) in [5.41, 5.74) is 3.25. The number of halogens is 1. The highest BCUT2D eigenvalue weighted by Gasteiger charge is 2.32. The second-order valence-electron chi connectivity index (χ2n) is 7.90. The number of urea groups is 1. The number of nitrogens with zero attached hydrogens (tertiary/aromatic N) is 5. The minimum Gasteiger partial charge on any atom is -0.465 e. The van der Waals surface area contributed by atoms with Gasteiger partial charge >= 0.3 is 12.1 Å². The number of piperazine rings is 1. The van der Waals surface area contributed by atoms with Crippen molar-refractivity contribution in [2.75, 3.05) is 31.6 Å². The number of aliphatic hydroxyl groups excluding tert-OH is 1. The zero-order chi connectivity index (χ0) is 25.1. The Morgan fingerprint density at radius 2 is 2.06 bits per heavy atom. The van der Waals surface area contributed by atoms with E-state index < -0.39 is 18.2 Å². The van der Waals surface area contributed by atoms with E-state index in [1.54, 1.807) is 24.3 Å². The topological polar surface area (TPSA) is 143 Å². The van der Waals surface area contributed by atoms with Crippen LogP contribution in [0.1, 0.15) is 11.3 Å². The van der Waals surface area contributed by atoms with Crippen LogP contribution in [0.4, 0.5) is 14.7 Å². The summed E-state index contributed by atoms with van der Waals surface area (Å²) in [6.45, 7) is 1.77. The molecule has 1 saturated heterocycles. The van der Waals surface area contributed by atoms with Crippen molar-refractivity contribution in [3.8, 4) is 27.8 Å². The highest BCUT2D eigenvalue weighted by atomic mass is 35.5. The summed E-state index contributed by atoms with van der Waals surface area (Å²) < 4.78 is 0. The number of hydrogen-bond acceptors (Lipinski definition) is 7. The number of pyridine rings is 1. The van der Waals surface area contributed by atoms with Crippen molar-refractivity contribution in [2.24, 2.45) is 0 Å². The molecular formula is C23H21ClN6O4S. The molecule has 3 N–H and O–H groups in total. The standard InChI is InChI=1S/C23H21ClN6O4S/c1-13-7-16(9-18(24)26-13)20-19(15-4-2-3-14(8-15)10-25)27-21(35-20)28-22(32)29-5-6-30(23(33)34)17(11-29)12-31/h2-4,7-9,17,31H,5-6,11-12H2,1H3,(H,33,34)(H,27,28,32)/t17-/m1/s1. The molecule has 1 aliphatic heterocycles. The molecule has 1 aliphatic rings. The molecule has 180 valence electrons. The fraction of sp³-hybridized carbons (Fsp3) is 0.261. The molecule has 1 atom stereocenters. The number of nitriles is 1. The number of carbonyl (C=O) groups excluding carboxylic acids is 1. The first-order valence-electron chi connectivity index (χ1n) is 10.6. The van der Waals surface area contributed by atoms with Crippen LogP contribution in [0.25, 0.3) is 21.7 Å². The van der Waals surface area contributed by atoms with E-state index in [4.69, 9.17) is 11.6 Å². The fourth-order valence-corrected chi connectivity index (χ4v) is 5.09. The molecule has 10 nitrogen and oxygen atoms in total. The third-order valence-corrected chi connectivity index (χ3v) is 6.73. The van der Waals surface area contributed by atoms with Gasteiger partial charge in [0, 0.05) is 30.9 Å². The van der Waals surface area contributed by atoms with E-state index in [1.165, 1.54) is 16.2 Å². The summed E-state index contributed by atoms with van der Waals surface area (Å²) in [5.74, 6) is 0. The first kappa shape index (κ1) is 24.4. The third kappa shape index (κ3) is 5.35. The molecule has 12 heteroatoms. The molecule has 4 rings (SSSR count). The number of carbonyl (C=O) groups is 2. The van der Waals surface area contributed by atoms with Crippen LogP contribution >= 0.6 is 22.9 Å². The Hall–Kier alpha value is -3.72. The lowest BCUT2D eigenvalue weighted by atomic mass is 10.1.